The Morgan fingerprint density at radius 1 is 1.39 bits per heavy atom. The van der Waals surface area contributed by atoms with E-state index in [1.807, 2.05) is 19.1 Å². The van der Waals surface area contributed by atoms with Gasteiger partial charge in [-0.3, -0.25) is 9.69 Å². The predicted octanol–water partition coefficient (Wildman–Crippen LogP) is 0.720. The first-order valence-corrected chi connectivity index (χ1v) is 8.09. The molecule has 2 rings (SSSR count). The van der Waals surface area contributed by atoms with E-state index in [4.69, 9.17) is 4.42 Å². The highest BCUT2D eigenvalue weighted by atomic mass is 16.3. The van der Waals surface area contributed by atoms with Gasteiger partial charge in [0.1, 0.15) is 5.76 Å². The molecule has 7 nitrogen and oxygen atoms in total. The molecule has 1 aliphatic rings. The molecule has 1 aromatic heterocycles. The zero-order chi connectivity index (χ0) is 16.7. The molecule has 0 saturated carbocycles. The molecule has 1 unspecified atom stereocenters. The van der Waals surface area contributed by atoms with Gasteiger partial charge in [0.25, 0.3) is 0 Å². The lowest BCUT2D eigenvalue weighted by molar-refractivity contribution is -0.122. The first kappa shape index (κ1) is 17.3. The molecular weight excluding hydrogens is 296 g/mol. The van der Waals surface area contributed by atoms with Gasteiger partial charge in [-0.1, -0.05) is 0 Å². The Bertz CT molecular complexity index is 495. The van der Waals surface area contributed by atoms with Gasteiger partial charge in [0.15, 0.2) is 0 Å². The fourth-order valence-corrected chi connectivity index (χ4v) is 2.75. The van der Waals surface area contributed by atoms with Crippen molar-refractivity contribution in [3.05, 3.63) is 24.2 Å². The second-order valence-corrected chi connectivity index (χ2v) is 6.03. The number of piperidine rings is 1. The third-order valence-electron chi connectivity index (χ3n) is 4.03. The third-order valence-corrected chi connectivity index (χ3v) is 4.03. The number of hydrogen-bond acceptors (Lipinski definition) is 4. The highest BCUT2D eigenvalue weighted by Crippen LogP contribution is 2.10. The van der Waals surface area contributed by atoms with Crippen LogP contribution < -0.4 is 16.0 Å². The van der Waals surface area contributed by atoms with Gasteiger partial charge < -0.3 is 20.4 Å². The van der Waals surface area contributed by atoms with Crippen LogP contribution in [0.1, 0.15) is 25.5 Å². The summed E-state index contributed by atoms with van der Waals surface area (Å²) in [7, 11) is 1.64. The van der Waals surface area contributed by atoms with Gasteiger partial charge in [0.2, 0.25) is 5.91 Å². The Hall–Kier alpha value is -2.02. The first-order chi connectivity index (χ1) is 11.1. The van der Waals surface area contributed by atoms with E-state index in [0.29, 0.717) is 13.0 Å². The summed E-state index contributed by atoms with van der Waals surface area (Å²) in [5.41, 5.74) is 0. The smallest absolute Gasteiger partial charge is 0.315 e. The monoisotopic (exact) mass is 322 g/mol. The van der Waals surface area contributed by atoms with E-state index in [2.05, 4.69) is 20.9 Å². The van der Waals surface area contributed by atoms with Crippen molar-refractivity contribution in [1.29, 1.82) is 0 Å². The van der Waals surface area contributed by atoms with Crippen LogP contribution in [0.3, 0.4) is 0 Å². The Morgan fingerprint density at radius 3 is 2.74 bits per heavy atom. The molecule has 1 fully saturated rings. The Kier molecular flexibility index (Phi) is 6.46. The summed E-state index contributed by atoms with van der Waals surface area (Å²) in [4.78, 5) is 25.5. The molecule has 3 amide bonds. The third kappa shape index (κ3) is 5.94. The lowest BCUT2D eigenvalue weighted by atomic mass is 10.1. The Balaban J connectivity index is 1.65. The van der Waals surface area contributed by atoms with Gasteiger partial charge in [-0.25, -0.2) is 4.79 Å². The minimum atomic E-state index is -0.145. The van der Waals surface area contributed by atoms with Crippen molar-refractivity contribution in [2.24, 2.45) is 0 Å². The number of hydrogen-bond donors (Lipinski definition) is 3. The number of nitrogens with one attached hydrogen (secondary N) is 3. The van der Waals surface area contributed by atoms with Crippen LogP contribution in [0.4, 0.5) is 4.79 Å². The zero-order valence-electron chi connectivity index (χ0n) is 13.8. The molecule has 3 N–H and O–H groups in total. The number of nitrogens with zero attached hydrogens (tertiary/aromatic N) is 1. The van der Waals surface area contributed by atoms with Gasteiger partial charge in [-0.15, -0.1) is 0 Å². The minimum Gasteiger partial charge on any atom is -0.469 e. The van der Waals surface area contributed by atoms with Crippen molar-refractivity contribution < 1.29 is 14.0 Å². The van der Waals surface area contributed by atoms with Crippen LogP contribution in [0.15, 0.2) is 22.8 Å². The molecular formula is C16H26N4O3. The predicted molar refractivity (Wildman–Crippen MR) is 87.1 cm³/mol. The van der Waals surface area contributed by atoms with Crippen LogP contribution in [0.5, 0.6) is 0 Å². The van der Waals surface area contributed by atoms with Crippen LogP contribution >= 0.6 is 0 Å². The maximum Gasteiger partial charge on any atom is 0.315 e. The molecule has 0 aliphatic carbocycles. The van der Waals surface area contributed by atoms with Crippen molar-refractivity contribution in [3.63, 3.8) is 0 Å². The van der Waals surface area contributed by atoms with Crippen molar-refractivity contribution in [3.8, 4) is 0 Å². The van der Waals surface area contributed by atoms with Gasteiger partial charge in [0, 0.05) is 38.6 Å². The minimum absolute atomic E-state index is 0.00879. The number of amides is 3. The molecule has 0 spiro atoms. The average Bonchev–Trinajstić information content (AvgIpc) is 3.01. The molecule has 0 aromatic carbocycles. The molecule has 23 heavy (non-hydrogen) atoms. The fourth-order valence-electron chi connectivity index (χ4n) is 2.75. The summed E-state index contributed by atoms with van der Waals surface area (Å²) in [6.07, 6.45) is 4.02. The molecule has 0 radical (unpaired) electrons. The summed E-state index contributed by atoms with van der Waals surface area (Å²) in [6, 6.07) is 3.77. The van der Waals surface area contributed by atoms with E-state index in [0.717, 1.165) is 31.7 Å². The van der Waals surface area contributed by atoms with Crippen molar-refractivity contribution in [1.82, 2.24) is 20.9 Å². The summed E-state index contributed by atoms with van der Waals surface area (Å²) < 4.78 is 5.28. The summed E-state index contributed by atoms with van der Waals surface area (Å²) >= 11 is 0. The maximum absolute atomic E-state index is 12.0. The summed E-state index contributed by atoms with van der Waals surface area (Å²) in [6.45, 7) is 4.02. The van der Waals surface area contributed by atoms with E-state index in [1.165, 1.54) is 0 Å². The lowest BCUT2D eigenvalue weighted by Gasteiger charge is -2.32. The van der Waals surface area contributed by atoms with Gasteiger partial charge in [-0.05, 0) is 31.9 Å². The molecule has 1 aromatic rings. The van der Waals surface area contributed by atoms with E-state index >= 15 is 0 Å². The molecule has 128 valence electrons. The number of furan rings is 1. The highest BCUT2D eigenvalue weighted by Gasteiger charge is 2.22. The normalized spacial score (nSPS) is 17.5. The van der Waals surface area contributed by atoms with Crippen molar-refractivity contribution in [2.45, 2.75) is 38.3 Å². The Morgan fingerprint density at radius 2 is 2.13 bits per heavy atom. The number of carbonyl (C=O) groups excluding carboxylic acids is 2. The molecule has 1 atom stereocenters. The quantitative estimate of drug-likeness (QED) is 0.720. The molecule has 1 saturated heterocycles. The second-order valence-electron chi connectivity index (χ2n) is 6.03. The molecule has 0 bridgehead atoms. The number of carbonyl (C=O) groups is 2. The van der Waals surface area contributed by atoms with Crippen molar-refractivity contribution >= 4 is 11.9 Å². The highest BCUT2D eigenvalue weighted by molar-refractivity contribution is 5.77. The lowest BCUT2D eigenvalue weighted by Crippen LogP contribution is -2.50. The van der Waals surface area contributed by atoms with E-state index < -0.39 is 0 Å². The average molecular weight is 322 g/mol. The van der Waals surface area contributed by atoms with Crippen LogP contribution in [0.2, 0.25) is 0 Å². The topological polar surface area (TPSA) is 86.6 Å². The largest absolute Gasteiger partial charge is 0.469 e. The van der Waals surface area contributed by atoms with E-state index in [-0.39, 0.29) is 24.0 Å². The van der Waals surface area contributed by atoms with E-state index in [1.54, 1.807) is 13.3 Å². The van der Waals surface area contributed by atoms with Gasteiger partial charge in [0.05, 0.1) is 12.8 Å². The van der Waals surface area contributed by atoms with Crippen molar-refractivity contribution in [2.75, 3.05) is 26.7 Å². The number of rotatable bonds is 6. The van der Waals surface area contributed by atoms with Crippen LogP contribution in [-0.2, 0) is 11.2 Å². The Labute approximate surface area is 136 Å². The second kappa shape index (κ2) is 8.57. The SMILES string of the molecule is CNC(=O)CN1CCC(NC(=O)NC(C)Cc2ccco2)CC1. The van der Waals surface area contributed by atoms with Gasteiger partial charge >= 0.3 is 6.03 Å². The summed E-state index contributed by atoms with van der Waals surface area (Å²) in [5, 5.41) is 8.57. The number of urea groups is 1. The van der Waals surface area contributed by atoms with Crippen LogP contribution in [-0.4, -0.2) is 55.6 Å². The molecule has 7 heteroatoms. The van der Waals surface area contributed by atoms with E-state index in [9.17, 15) is 9.59 Å². The summed E-state index contributed by atoms with van der Waals surface area (Å²) in [5.74, 6) is 0.890. The molecule has 2 heterocycles. The van der Waals surface area contributed by atoms with Crippen LogP contribution in [0, 0.1) is 0 Å². The molecule has 1 aliphatic heterocycles. The fraction of sp³-hybridized carbons (Fsp3) is 0.625. The number of likely N-dealkylation sites (tertiary alicyclic amines) is 1. The van der Waals surface area contributed by atoms with Gasteiger partial charge in [-0.2, -0.15) is 0 Å². The first-order valence-electron chi connectivity index (χ1n) is 8.09. The van der Waals surface area contributed by atoms with Crippen LogP contribution in [0.25, 0.3) is 0 Å². The zero-order valence-corrected chi connectivity index (χ0v) is 13.8. The number of likely N-dealkylation sites (N-methyl/N-ethyl adjacent to an activating group) is 1. The standard InChI is InChI=1S/C16H26N4O3/c1-12(10-14-4-3-9-23-14)18-16(22)19-13-5-7-20(8-6-13)11-15(21)17-2/h3-4,9,12-13H,5-8,10-11H2,1-2H3,(H,17,21)(H2,18,19,22). The maximum atomic E-state index is 12.0.